The highest BCUT2D eigenvalue weighted by atomic mass is 35.5. The number of carbonyl (C=O) groups is 3. The molecule has 2 amide bonds. The molecule has 0 aliphatic carbocycles. The van der Waals surface area contributed by atoms with Crippen molar-refractivity contribution < 1.29 is 37.4 Å². The van der Waals surface area contributed by atoms with E-state index in [1.54, 1.807) is 23.1 Å². The molecule has 0 aliphatic rings. The number of anilines is 1. The molecule has 3 N–H and O–H groups in total. The molecule has 2 aromatic carbocycles. The number of benzene rings is 2. The Bertz CT molecular complexity index is 1750. The molecule has 2 heterocycles. The van der Waals surface area contributed by atoms with Gasteiger partial charge in [0.05, 0.1) is 30.3 Å². The number of urea groups is 1. The van der Waals surface area contributed by atoms with Crippen molar-refractivity contribution in [1.82, 2.24) is 24.7 Å². The second-order valence-corrected chi connectivity index (χ2v) is 10.1. The Morgan fingerprint density at radius 3 is 2.37 bits per heavy atom. The van der Waals surface area contributed by atoms with Crippen LogP contribution >= 0.6 is 11.6 Å². The molecular formula is C25H23ClN6O8S. The second-order valence-electron chi connectivity index (χ2n) is 8.05. The first kappa shape index (κ1) is 30.6. The zero-order valence-electron chi connectivity index (χ0n) is 22.0. The Morgan fingerprint density at radius 2 is 1.71 bits per heavy atom. The van der Waals surface area contributed by atoms with Crippen LogP contribution in [0.4, 0.5) is 10.7 Å². The monoisotopic (exact) mass is 602 g/mol. The number of carboxylic acids is 1. The van der Waals surface area contributed by atoms with Crippen molar-refractivity contribution in [3.8, 4) is 6.01 Å². The maximum Gasteiger partial charge on any atom is 0.339 e. The van der Waals surface area contributed by atoms with E-state index >= 15 is 0 Å². The van der Waals surface area contributed by atoms with Crippen molar-refractivity contribution in [1.29, 1.82) is 0 Å². The molecule has 4 rings (SSSR count). The average Bonchev–Trinajstić information content (AvgIpc) is 2.92. The molecule has 4 aromatic rings. The van der Waals surface area contributed by atoms with Crippen LogP contribution in [0, 0.1) is 13.8 Å². The van der Waals surface area contributed by atoms with Gasteiger partial charge in [-0.1, -0.05) is 29.8 Å². The minimum Gasteiger partial charge on any atom is -0.478 e. The number of aryl methyl sites for hydroxylation is 2. The number of halogens is 1. The summed E-state index contributed by atoms with van der Waals surface area (Å²) in [6.07, 6.45) is 1.63. The number of aromatic carboxylic acids is 1. The van der Waals surface area contributed by atoms with Crippen molar-refractivity contribution in [2.45, 2.75) is 18.7 Å². The predicted octanol–water partition coefficient (Wildman–Crippen LogP) is 3.38. The van der Waals surface area contributed by atoms with Gasteiger partial charge in [-0.3, -0.25) is 10.3 Å². The molecule has 14 nitrogen and oxygen atoms in total. The Balaban J connectivity index is 0.000000260. The molecule has 0 unspecified atom stereocenters. The fourth-order valence-corrected chi connectivity index (χ4v) is 4.72. The van der Waals surface area contributed by atoms with Crippen LogP contribution in [-0.4, -0.2) is 65.6 Å². The molecule has 0 fully saturated rings. The highest BCUT2D eigenvalue weighted by Gasteiger charge is 2.25. The van der Waals surface area contributed by atoms with Gasteiger partial charge in [-0.05, 0) is 43.7 Å². The lowest BCUT2D eigenvalue weighted by Gasteiger charge is -2.11. The van der Waals surface area contributed by atoms with Gasteiger partial charge in [0, 0.05) is 11.6 Å². The third-order valence-electron chi connectivity index (χ3n) is 5.10. The molecule has 16 heteroatoms. The van der Waals surface area contributed by atoms with Gasteiger partial charge < -0.3 is 14.6 Å². The highest BCUT2D eigenvalue weighted by Crippen LogP contribution is 2.25. The Labute approximate surface area is 238 Å². The van der Waals surface area contributed by atoms with Gasteiger partial charge in [-0.15, -0.1) is 0 Å². The molecule has 214 valence electrons. The van der Waals surface area contributed by atoms with Crippen molar-refractivity contribution in [3.05, 3.63) is 76.2 Å². The van der Waals surface area contributed by atoms with Gasteiger partial charge in [0.1, 0.15) is 16.3 Å². The van der Waals surface area contributed by atoms with E-state index in [0.717, 1.165) is 24.1 Å². The van der Waals surface area contributed by atoms with Crippen LogP contribution in [0.3, 0.4) is 0 Å². The number of hydrogen-bond acceptors (Lipinski definition) is 11. The zero-order chi connectivity index (χ0) is 30.3. The summed E-state index contributed by atoms with van der Waals surface area (Å²) < 4.78 is 36.0. The van der Waals surface area contributed by atoms with E-state index in [9.17, 15) is 22.8 Å². The number of esters is 1. The summed E-state index contributed by atoms with van der Waals surface area (Å²) in [6.45, 7) is 3.44. The highest BCUT2D eigenvalue weighted by molar-refractivity contribution is 7.90. The number of fused-ring (bicyclic) bond motifs is 1. The van der Waals surface area contributed by atoms with E-state index in [1.165, 1.54) is 32.2 Å². The normalized spacial score (nSPS) is 10.7. The van der Waals surface area contributed by atoms with E-state index in [-0.39, 0.29) is 33.9 Å². The fraction of sp³-hybridized carbons (Fsp3) is 0.160. The van der Waals surface area contributed by atoms with E-state index in [4.69, 9.17) is 21.4 Å². The first-order chi connectivity index (χ1) is 19.4. The molecule has 0 radical (unpaired) electrons. The zero-order valence-corrected chi connectivity index (χ0v) is 23.6. The number of carboxylic acid groups (broad SMARTS) is 1. The largest absolute Gasteiger partial charge is 0.478 e. The quantitative estimate of drug-likeness (QED) is 0.272. The van der Waals surface area contributed by atoms with Crippen molar-refractivity contribution in [2.75, 3.05) is 19.5 Å². The molecule has 41 heavy (non-hydrogen) atoms. The number of carbonyl (C=O) groups excluding carboxylic acids is 2. The molecule has 0 saturated heterocycles. The predicted molar refractivity (Wildman–Crippen MR) is 147 cm³/mol. The summed E-state index contributed by atoms with van der Waals surface area (Å²) >= 11 is 5.82. The van der Waals surface area contributed by atoms with Crippen LogP contribution in [0.25, 0.3) is 10.9 Å². The van der Waals surface area contributed by atoms with Crippen LogP contribution < -0.4 is 14.8 Å². The van der Waals surface area contributed by atoms with Crippen LogP contribution in [0.15, 0.2) is 53.6 Å². The number of hydrogen-bond donors (Lipinski definition) is 3. The lowest BCUT2D eigenvalue weighted by molar-refractivity contribution is 0.0595. The standard InChI is InChI=1S/C14H15N5O6S.C11H8ClNO2/c1-8-15-12(18-14(16-8)25-3)17-13(21)19-26(22,23)10-7-5-4-6-9(10)11(20)24-2;1-6-4-7-2-3-8(12)9(11(14)15)10(7)13-5-6/h4-7H,1-3H3,(H2,15,16,17,18,19,21);2-5H,1H3,(H,14,15). The topological polar surface area (TPSA) is 200 Å². The smallest absolute Gasteiger partial charge is 0.339 e. The van der Waals surface area contributed by atoms with E-state index in [0.29, 0.717) is 5.52 Å². The SMILES string of the molecule is COC(=O)c1ccccc1S(=O)(=O)NC(=O)Nc1nc(C)nc(OC)n1.Cc1cnc2c(C(=O)O)c(Cl)ccc2c1. The van der Waals surface area contributed by atoms with Gasteiger partial charge in [0.15, 0.2) is 0 Å². The Kier molecular flexibility index (Phi) is 9.70. The molecule has 0 spiro atoms. The van der Waals surface area contributed by atoms with Gasteiger partial charge >= 0.3 is 24.0 Å². The number of methoxy groups -OCH3 is 2. The lowest BCUT2D eigenvalue weighted by atomic mass is 10.1. The maximum atomic E-state index is 12.4. The third-order valence-corrected chi connectivity index (χ3v) is 6.80. The first-order valence-corrected chi connectivity index (χ1v) is 13.3. The minimum absolute atomic E-state index is 0.0494. The van der Waals surface area contributed by atoms with Crippen molar-refractivity contribution >= 4 is 56.4 Å². The van der Waals surface area contributed by atoms with Crippen LogP contribution in [0.5, 0.6) is 6.01 Å². The van der Waals surface area contributed by atoms with Crippen molar-refractivity contribution in [2.24, 2.45) is 0 Å². The number of aromatic nitrogens is 4. The van der Waals surface area contributed by atoms with Crippen LogP contribution in [0.2, 0.25) is 5.02 Å². The van der Waals surface area contributed by atoms with Crippen molar-refractivity contribution in [3.63, 3.8) is 0 Å². The van der Waals surface area contributed by atoms with E-state index in [2.05, 4.69) is 30.0 Å². The number of ether oxygens (including phenoxy) is 2. The number of pyridine rings is 1. The van der Waals surface area contributed by atoms with Gasteiger partial charge in [-0.2, -0.15) is 15.0 Å². The fourth-order valence-electron chi connectivity index (χ4n) is 3.38. The summed E-state index contributed by atoms with van der Waals surface area (Å²) in [4.78, 5) is 49.8. The number of nitrogens with zero attached hydrogens (tertiary/aromatic N) is 4. The van der Waals surface area contributed by atoms with Gasteiger partial charge in [-0.25, -0.2) is 27.5 Å². The molecular weight excluding hydrogens is 580 g/mol. The van der Waals surface area contributed by atoms with E-state index < -0.39 is 32.9 Å². The molecule has 0 atom stereocenters. The number of nitrogens with one attached hydrogen (secondary N) is 2. The molecule has 0 saturated carbocycles. The van der Waals surface area contributed by atoms with Gasteiger partial charge in [0.2, 0.25) is 5.95 Å². The third kappa shape index (κ3) is 7.61. The lowest BCUT2D eigenvalue weighted by Crippen LogP contribution is -2.35. The molecule has 0 aliphatic heterocycles. The maximum absolute atomic E-state index is 12.4. The summed E-state index contributed by atoms with van der Waals surface area (Å²) in [6, 6.07) is 9.34. The summed E-state index contributed by atoms with van der Waals surface area (Å²) in [5.41, 5.74) is 1.27. The summed E-state index contributed by atoms with van der Waals surface area (Å²) in [5, 5.41) is 12.2. The first-order valence-electron chi connectivity index (χ1n) is 11.4. The molecule has 0 bridgehead atoms. The van der Waals surface area contributed by atoms with Crippen LogP contribution in [0.1, 0.15) is 32.1 Å². The minimum atomic E-state index is -4.36. The second kappa shape index (κ2) is 13.0. The Morgan fingerprint density at radius 1 is 1.00 bits per heavy atom. The Hall–Kier alpha value is -4.89. The molecule has 2 aromatic heterocycles. The number of amides is 2. The van der Waals surface area contributed by atoms with Gasteiger partial charge in [0.25, 0.3) is 10.0 Å². The van der Waals surface area contributed by atoms with Crippen LogP contribution in [-0.2, 0) is 14.8 Å². The summed E-state index contributed by atoms with van der Waals surface area (Å²) in [5.74, 6) is -1.86. The number of rotatable bonds is 6. The summed E-state index contributed by atoms with van der Waals surface area (Å²) in [7, 11) is -1.92. The average molecular weight is 603 g/mol. The number of sulfonamides is 1. The van der Waals surface area contributed by atoms with E-state index in [1.807, 2.05) is 13.0 Å².